The normalized spacial score (nSPS) is 10.6. The Labute approximate surface area is 179 Å². The molecule has 0 saturated carbocycles. The number of carbonyl (C=O) groups is 2. The van der Waals surface area contributed by atoms with Gasteiger partial charge in [0.05, 0.1) is 29.8 Å². The number of nitrogens with zero attached hydrogens (tertiary/aromatic N) is 1. The molecule has 30 heavy (non-hydrogen) atoms. The Balaban J connectivity index is 2.11. The molecule has 0 aromatic heterocycles. The molecular formula is C21H25N3O5S. The van der Waals surface area contributed by atoms with E-state index in [0.717, 1.165) is 11.3 Å². The van der Waals surface area contributed by atoms with Gasteiger partial charge in [0.25, 0.3) is 11.6 Å². The number of carbonyl (C=O) groups excluding carboxylic acids is 2. The summed E-state index contributed by atoms with van der Waals surface area (Å²) in [5.41, 5.74) is 1.44. The van der Waals surface area contributed by atoms with Gasteiger partial charge in [0.1, 0.15) is 5.75 Å². The number of rotatable bonds is 9. The zero-order valence-corrected chi connectivity index (χ0v) is 18.2. The highest BCUT2D eigenvalue weighted by Crippen LogP contribution is 2.28. The molecule has 2 N–H and O–H groups in total. The van der Waals surface area contributed by atoms with Crippen molar-refractivity contribution in [2.45, 2.75) is 25.7 Å². The number of thioether (sulfide) groups is 1. The molecule has 2 rings (SSSR count). The number of benzene rings is 2. The average Bonchev–Trinajstić information content (AvgIpc) is 2.70. The van der Waals surface area contributed by atoms with E-state index in [0.29, 0.717) is 22.3 Å². The van der Waals surface area contributed by atoms with Gasteiger partial charge >= 0.3 is 0 Å². The van der Waals surface area contributed by atoms with Crippen molar-refractivity contribution in [3.05, 3.63) is 57.6 Å². The average molecular weight is 432 g/mol. The molecule has 0 bridgehead atoms. The first-order valence-electron chi connectivity index (χ1n) is 9.35. The largest absolute Gasteiger partial charge is 0.495 e. The fourth-order valence-electron chi connectivity index (χ4n) is 2.56. The Morgan fingerprint density at radius 2 is 1.93 bits per heavy atom. The Hall–Kier alpha value is -3.07. The van der Waals surface area contributed by atoms with Crippen LogP contribution in [0, 0.1) is 23.0 Å². The van der Waals surface area contributed by atoms with Gasteiger partial charge in [-0.05, 0) is 36.6 Å². The summed E-state index contributed by atoms with van der Waals surface area (Å²) in [6.45, 7) is 5.69. The van der Waals surface area contributed by atoms with Gasteiger partial charge in [-0.2, -0.15) is 0 Å². The maximum absolute atomic E-state index is 12.7. The van der Waals surface area contributed by atoms with Crippen LogP contribution in [-0.4, -0.2) is 36.1 Å². The van der Waals surface area contributed by atoms with Crippen LogP contribution in [0.1, 0.15) is 29.8 Å². The van der Waals surface area contributed by atoms with E-state index in [4.69, 9.17) is 4.74 Å². The number of hydrogen-bond donors (Lipinski definition) is 2. The highest BCUT2D eigenvalue weighted by molar-refractivity contribution is 7.99. The van der Waals surface area contributed by atoms with Gasteiger partial charge in [0, 0.05) is 22.8 Å². The van der Waals surface area contributed by atoms with E-state index in [1.807, 2.05) is 26.8 Å². The molecule has 0 aliphatic rings. The molecule has 160 valence electrons. The predicted octanol–water partition coefficient (Wildman–Crippen LogP) is 4.03. The molecule has 0 atom stereocenters. The van der Waals surface area contributed by atoms with Crippen molar-refractivity contribution in [2.24, 2.45) is 5.92 Å². The van der Waals surface area contributed by atoms with E-state index in [2.05, 4.69) is 10.6 Å². The maximum atomic E-state index is 12.7. The second kappa shape index (κ2) is 10.6. The number of anilines is 1. The Morgan fingerprint density at radius 3 is 2.57 bits per heavy atom. The number of methoxy groups -OCH3 is 1. The van der Waals surface area contributed by atoms with Gasteiger partial charge in [-0.25, -0.2) is 0 Å². The molecule has 0 spiro atoms. The van der Waals surface area contributed by atoms with Crippen LogP contribution in [0.5, 0.6) is 5.75 Å². The lowest BCUT2D eigenvalue weighted by molar-refractivity contribution is -0.384. The van der Waals surface area contributed by atoms with Gasteiger partial charge in [0.2, 0.25) is 5.91 Å². The van der Waals surface area contributed by atoms with Crippen molar-refractivity contribution < 1.29 is 19.2 Å². The molecule has 0 radical (unpaired) electrons. The second-order valence-electron chi connectivity index (χ2n) is 7.08. The Morgan fingerprint density at radius 1 is 1.20 bits per heavy atom. The number of nitro benzene ring substituents is 1. The standard InChI is InChI=1S/C21H25N3O5S/c1-13(2)12-30-19-8-6-15(24(27)28)10-16(19)21(26)22-11-20(25)23-17-9-14(3)5-7-18(17)29-4/h5-10,13H,11-12H2,1-4H3,(H,22,26)(H,23,25). The number of hydrogen-bond acceptors (Lipinski definition) is 6. The van der Waals surface area contributed by atoms with Crippen LogP contribution >= 0.6 is 11.8 Å². The van der Waals surface area contributed by atoms with E-state index in [1.165, 1.54) is 31.0 Å². The molecule has 0 saturated heterocycles. The molecule has 0 aliphatic heterocycles. The number of nitrogens with one attached hydrogen (secondary N) is 2. The zero-order chi connectivity index (χ0) is 22.3. The summed E-state index contributed by atoms with van der Waals surface area (Å²) in [6.07, 6.45) is 0. The molecular weight excluding hydrogens is 406 g/mol. The lowest BCUT2D eigenvalue weighted by atomic mass is 10.2. The minimum atomic E-state index is -0.551. The maximum Gasteiger partial charge on any atom is 0.270 e. The fraction of sp³-hybridized carbons (Fsp3) is 0.333. The highest BCUT2D eigenvalue weighted by atomic mass is 32.2. The Bertz CT molecular complexity index is 946. The van der Waals surface area contributed by atoms with E-state index >= 15 is 0 Å². The quantitative estimate of drug-likeness (QED) is 0.352. The molecule has 9 heteroatoms. The number of nitro groups is 1. The van der Waals surface area contributed by atoms with Crippen LogP contribution in [0.25, 0.3) is 0 Å². The smallest absolute Gasteiger partial charge is 0.270 e. The van der Waals surface area contributed by atoms with Crippen LogP contribution in [0.4, 0.5) is 11.4 Å². The summed E-state index contributed by atoms with van der Waals surface area (Å²) < 4.78 is 5.22. The summed E-state index contributed by atoms with van der Waals surface area (Å²) in [6, 6.07) is 9.53. The van der Waals surface area contributed by atoms with E-state index in [9.17, 15) is 19.7 Å². The van der Waals surface area contributed by atoms with Crippen molar-refractivity contribution in [3.63, 3.8) is 0 Å². The third-order valence-electron chi connectivity index (χ3n) is 4.03. The van der Waals surface area contributed by atoms with Crippen molar-refractivity contribution in [1.29, 1.82) is 0 Å². The van der Waals surface area contributed by atoms with E-state index < -0.39 is 16.7 Å². The molecule has 0 unspecified atom stereocenters. The van der Waals surface area contributed by atoms with Crippen LogP contribution in [0.15, 0.2) is 41.3 Å². The van der Waals surface area contributed by atoms with Crippen molar-refractivity contribution in [3.8, 4) is 5.75 Å². The first-order chi connectivity index (χ1) is 14.2. The predicted molar refractivity (Wildman–Crippen MR) is 117 cm³/mol. The Kier molecular flexibility index (Phi) is 8.23. The van der Waals surface area contributed by atoms with Crippen LogP contribution in [-0.2, 0) is 4.79 Å². The SMILES string of the molecule is COc1ccc(C)cc1NC(=O)CNC(=O)c1cc([N+](=O)[O-])ccc1SCC(C)C. The fourth-order valence-corrected chi connectivity index (χ4v) is 3.55. The van der Waals surface area contributed by atoms with Gasteiger partial charge in [-0.3, -0.25) is 19.7 Å². The molecule has 0 fully saturated rings. The van der Waals surface area contributed by atoms with Gasteiger partial charge in [0.15, 0.2) is 0 Å². The van der Waals surface area contributed by atoms with Crippen molar-refractivity contribution >= 4 is 35.0 Å². The third kappa shape index (κ3) is 6.48. The molecule has 0 heterocycles. The topological polar surface area (TPSA) is 111 Å². The van der Waals surface area contributed by atoms with Crippen molar-refractivity contribution in [1.82, 2.24) is 5.32 Å². The molecule has 8 nitrogen and oxygen atoms in total. The highest BCUT2D eigenvalue weighted by Gasteiger charge is 2.18. The van der Waals surface area contributed by atoms with Gasteiger partial charge in [-0.1, -0.05) is 19.9 Å². The van der Waals surface area contributed by atoms with E-state index in [-0.39, 0.29) is 17.8 Å². The monoisotopic (exact) mass is 431 g/mol. The van der Waals surface area contributed by atoms with Gasteiger partial charge in [-0.15, -0.1) is 11.8 Å². The van der Waals surface area contributed by atoms with E-state index in [1.54, 1.807) is 18.2 Å². The summed E-state index contributed by atoms with van der Waals surface area (Å²) in [4.78, 5) is 36.2. The summed E-state index contributed by atoms with van der Waals surface area (Å²) in [5, 5.41) is 16.3. The first-order valence-corrected chi connectivity index (χ1v) is 10.3. The lowest BCUT2D eigenvalue weighted by Gasteiger charge is -2.13. The van der Waals surface area contributed by atoms with Crippen molar-refractivity contribution in [2.75, 3.05) is 24.7 Å². The van der Waals surface area contributed by atoms with Crippen LogP contribution in [0.2, 0.25) is 0 Å². The zero-order valence-electron chi connectivity index (χ0n) is 17.4. The third-order valence-corrected chi connectivity index (χ3v) is 5.53. The first kappa shape index (κ1) is 23.2. The van der Waals surface area contributed by atoms with Crippen LogP contribution in [0.3, 0.4) is 0 Å². The number of amides is 2. The molecule has 2 aromatic carbocycles. The van der Waals surface area contributed by atoms with Gasteiger partial charge < -0.3 is 15.4 Å². The molecule has 2 aromatic rings. The number of ether oxygens (including phenoxy) is 1. The number of aryl methyl sites for hydroxylation is 1. The molecule has 2 amide bonds. The summed E-state index contributed by atoms with van der Waals surface area (Å²) in [5.74, 6) is 0.666. The minimum absolute atomic E-state index is 0.177. The second-order valence-corrected chi connectivity index (χ2v) is 8.14. The summed E-state index contributed by atoms with van der Waals surface area (Å²) in [7, 11) is 1.50. The minimum Gasteiger partial charge on any atom is -0.495 e. The number of non-ortho nitro benzene ring substituents is 1. The summed E-state index contributed by atoms with van der Waals surface area (Å²) >= 11 is 1.45. The van der Waals surface area contributed by atoms with Crippen LogP contribution < -0.4 is 15.4 Å². The molecule has 0 aliphatic carbocycles. The lowest BCUT2D eigenvalue weighted by Crippen LogP contribution is -2.33.